The number of aliphatic hydroxyl groups is 1. The van der Waals surface area contributed by atoms with Gasteiger partial charge in [0.25, 0.3) is 0 Å². The van der Waals surface area contributed by atoms with E-state index >= 15 is 0 Å². The standard InChI is InChI=1S/C9H17NO4/c1-9(2,6-11)10-8(13)4-7(12)5-14-3/h11H,4-6H2,1-3H3,(H,10,13). The predicted molar refractivity (Wildman–Crippen MR) is 50.8 cm³/mol. The van der Waals surface area contributed by atoms with Crippen LogP contribution in [0.3, 0.4) is 0 Å². The monoisotopic (exact) mass is 203 g/mol. The Morgan fingerprint density at radius 2 is 2.00 bits per heavy atom. The number of nitrogens with one attached hydrogen (secondary N) is 1. The summed E-state index contributed by atoms with van der Waals surface area (Å²) in [5.74, 6) is -0.676. The van der Waals surface area contributed by atoms with Crippen molar-refractivity contribution in [2.24, 2.45) is 0 Å². The lowest BCUT2D eigenvalue weighted by molar-refractivity contribution is -0.131. The van der Waals surface area contributed by atoms with E-state index in [2.05, 4.69) is 10.1 Å². The molecule has 0 spiro atoms. The third kappa shape index (κ3) is 5.66. The number of carbonyl (C=O) groups excluding carboxylic acids is 2. The van der Waals surface area contributed by atoms with Crippen LogP contribution < -0.4 is 5.32 Å². The minimum atomic E-state index is -0.690. The van der Waals surface area contributed by atoms with Gasteiger partial charge in [-0.05, 0) is 13.8 Å². The van der Waals surface area contributed by atoms with E-state index in [4.69, 9.17) is 5.11 Å². The zero-order chi connectivity index (χ0) is 11.2. The molecule has 1 amide bonds. The van der Waals surface area contributed by atoms with E-state index in [1.54, 1.807) is 13.8 Å². The maximum atomic E-state index is 11.2. The van der Waals surface area contributed by atoms with E-state index in [1.807, 2.05) is 0 Å². The summed E-state index contributed by atoms with van der Waals surface area (Å²) in [5.41, 5.74) is -0.690. The summed E-state index contributed by atoms with van der Waals surface area (Å²) < 4.78 is 4.58. The number of carbonyl (C=O) groups is 2. The van der Waals surface area contributed by atoms with Crippen molar-refractivity contribution in [1.29, 1.82) is 0 Å². The highest BCUT2D eigenvalue weighted by Gasteiger charge is 2.20. The first-order valence-corrected chi connectivity index (χ1v) is 4.34. The summed E-state index contributed by atoms with van der Waals surface area (Å²) in [7, 11) is 1.40. The minimum Gasteiger partial charge on any atom is -0.394 e. The van der Waals surface area contributed by atoms with Gasteiger partial charge in [0.2, 0.25) is 5.91 Å². The SMILES string of the molecule is COCC(=O)CC(=O)NC(C)(C)CO. The summed E-state index contributed by atoms with van der Waals surface area (Å²) in [6, 6.07) is 0. The molecule has 0 aliphatic carbocycles. The van der Waals surface area contributed by atoms with Crippen LogP contribution in [0.1, 0.15) is 20.3 Å². The Morgan fingerprint density at radius 1 is 1.43 bits per heavy atom. The van der Waals surface area contributed by atoms with Crippen LogP contribution in [0.15, 0.2) is 0 Å². The van der Waals surface area contributed by atoms with Crippen molar-refractivity contribution in [2.75, 3.05) is 20.3 Å². The largest absolute Gasteiger partial charge is 0.394 e. The number of aliphatic hydroxyl groups excluding tert-OH is 1. The van der Waals surface area contributed by atoms with E-state index in [0.29, 0.717) is 0 Å². The Labute approximate surface area is 83.4 Å². The van der Waals surface area contributed by atoms with Crippen LogP contribution in [-0.4, -0.2) is 42.7 Å². The quantitative estimate of drug-likeness (QED) is 0.569. The number of ether oxygens (including phenoxy) is 1. The van der Waals surface area contributed by atoms with E-state index < -0.39 is 11.4 Å². The Morgan fingerprint density at radius 3 is 2.43 bits per heavy atom. The molecule has 5 nitrogen and oxygen atoms in total. The highest BCUT2D eigenvalue weighted by atomic mass is 16.5. The normalized spacial score (nSPS) is 11.1. The molecule has 0 aliphatic heterocycles. The van der Waals surface area contributed by atoms with Crippen molar-refractivity contribution in [1.82, 2.24) is 5.32 Å². The predicted octanol–water partition coefficient (Wildman–Crippen LogP) is -0.521. The van der Waals surface area contributed by atoms with Crippen molar-refractivity contribution in [3.63, 3.8) is 0 Å². The van der Waals surface area contributed by atoms with Crippen LogP contribution in [0.25, 0.3) is 0 Å². The van der Waals surface area contributed by atoms with Gasteiger partial charge in [-0.15, -0.1) is 0 Å². The Kier molecular flexibility index (Phi) is 5.34. The number of ketones is 1. The minimum absolute atomic E-state index is 0.0625. The second kappa shape index (κ2) is 5.72. The van der Waals surface area contributed by atoms with Gasteiger partial charge in [0.05, 0.1) is 18.6 Å². The first-order valence-electron chi connectivity index (χ1n) is 4.34. The molecule has 0 fully saturated rings. The number of methoxy groups -OCH3 is 1. The second-order valence-electron chi connectivity index (χ2n) is 3.74. The molecular weight excluding hydrogens is 186 g/mol. The maximum absolute atomic E-state index is 11.2. The Hall–Kier alpha value is -0.940. The molecule has 0 bridgehead atoms. The number of amides is 1. The fraction of sp³-hybridized carbons (Fsp3) is 0.778. The zero-order valence-corrected chi connectivity index (χ0v) is 8.79. The number of rotatable bonds is 6. The van der Waals surface area contributed by atoms with Gasteiger partial charge in [0, 0.05) is 7.11 Å². The Bertz CT molecular complexity index is 213. The number of hydrogen-bond donors (Lipinski definition) is 2. The average molecular weight is 203 g/mol. The molecule has 0 radical (unpaired) electrons. The number of hydrogen-bond acceptors (Lipinski definition) is 4. The molecule has 0 unspecified atom stereocenters. The van der Waals surface area contributed by atoms with Gasteiger partial charge in [0.15, 0.2) is 5.78 Å². The van der Waals surface area contributed by atoms with E-state index in [0.717, 1.165) is 0 Å². The average Bonchev–Trinajstić information content (AvgIpc) is 2.03. The first kappa shape index (κ1) is 13.1. The summed E-state index contributed by atoms with van der Waals surface area (Å²) in [6.07, 6.45) is -0.211. The lowest BCUT2D eigenvalue weighted by atomic mass is 10.1. The Balaban J connectivity index is 3.93. The molecule has 0 atom stereocenters. The van der Waals surface area contributed by atoms with Crippen LogP contribution >= 0.6 is 0 Å². The molecular formula is C9H17NO4. The van der Waals surface area contributed by atoms with Crippen molar-refractivity contribution >= 4 is 11.7 Å². The molecule has 0 aromatic heterocycles. The number of Topliss-reactive ketones (excluding diaryl/α,β-unsaturated/α-hetero) is 1. The van der Waals surface area contributed by atoms with Crippen LogP contribution in [0.4, 0.5) is 0 Å². The topological polar surface area (TPSA) is 75.6 Å². The third-order valence-corrected chi connectivity index (χ3v) is 1.54. The summed E-state index contributed by atoms with van der Waals surface area (Å²) in [6.45, 7) is 3.11. The molecule has 0 heterocycles. The fourth-order valence-electron chi connectivity index (χ4n) is 0.852. The van der Waals surface area contributed by atoms with Crippen molar-refractivity contribution < 1.29 is 19.4 Å². The van der Waals surface area contributed by atoms with E-state index in [-0.39, 0.29) is 25.4 Å². The third-order valence-electron chi connectivity index (χ3n) is 1.54. The molecule has 5 heteroatoms. The summed E-state index contributed by atoms with van der Waals surface area (Å²) in [5, 5.41) is 11.4. The maximum Gasteiger partial charge on any atom is 0.228 e. The second-order valence-corrected chi connectivity index (χ2v) is 3.74. The smallest absolute Gasteiger partial charge is 0.228 e. The van der Waals surface area contributed by atoms with Gasteiger partial charge in [-0.2, -0.15) is 0 Å². The fourth-order valence-corrected chi connectivity index (χ4v) is 0.852. The molecule has 0 saturated heterocycles. The molecule has 2 N–H and O–H groups in total. The van der Waals surface area contributed by atoms with Gasteiger partial charge >= 0.3 is 0 Å². The van der Waals surface area contributed by atoms with Gasteiger partial charge in [-0.25, -0.2) is 0 Å². The van der Waals surface area contributed by atoms with Crippen molar-refractivity contribution in [3.8, 4) is 0 Å². The lowest BCUT2D eigenvalue weighted by Gasteiger charge is -2.23. The van der Waals surface area contributed by atoms with Gasteiger partial charge in [-0.1, -0.05) is 0 Å². The highest BCUT2D eigenvalue weighted by Crippen LogP contribution is 2.00. The van der Waals surface area contributed by atoms with Crippen molar-refractivity contribution in [2.45, 2.75) is 25.8 Å². The van der Waals surface area contributed by atoms with Crippen molar-refractivity contribution in [3.05, 3.63) is 0 Å². The first-order chi connectivity index (χ1) is 6.41. The summed E-state index contributed by atoms with van der Waals surface area (Å²) >= 11 is 0. The zero-order valence-electron chi connectivity index (χ0n) is 8.79. The molecule has 82 valence electrons. The lowest BCUT2D eigenvalue weighted by Crippen LogP contribution is -2.46. The van der Waals surface area contributed by atoms with Gasteiger partial charge in [0.1, 0.15) is 6.61 Å². The highest BCUT2D eigenvalue weighted by molar-refractivity contribution is 5.98. The van der Waals surface area contributed by atoms with Crippen LogP contribution in [0.2, 0.25) is 0 Å². The van der Waals surface area contributed by atoms with Crippen LogP contribution in [0, 0.1) is 0 Å². The molecule has 0 aromatic rings. The van der Waals surface area contributed by atoms with Crippen LogP contribution in [-0.2, 0) is 14.3 Å². The molecule has 14 heavy (non-hydrogen) atoms. The van der Waals surface area contributed by atoms with Crippen LogP contribution in [0.5, 0.6) is 0 Å². The van der Waals surface area contributed by atoms with E-state index in [1.165, 1.54) is 7.11 Å². The van der Waals surface area contributed by atoms with Gasteiger partial charge in [-0.3, -0.25) is 9.59 Å². The molecule has 0 saturated carbocycles. The molecule has 0 aromatic carbocycles. The van der Waals surface area contributed by atoms with E-state index in [9.17, 15) is 9.59 Å². The van der Waals surface area contributed by atoms with Gasteiger partial charge < -0.3 is 15.2 Å². The molecule has 0 aliphatic rings. The summed E-state index contributed by atoms with van der Waals surface area (Å²) in [4.78, 5) is 22.2. The molecule has 0 rings (SSSR count).